The van der Waals surface area contributed by atoms with Crippen molar-refractivity contribution in [2.45, 2.75) is 13.5 Å². The highest BCUT2D eigenvalue weighted by atomic mass is 16.5. The first kappa shape index (κ1) is 18.7. The topological polar surface area (TPSA) is 85.4 Å². The molecule has 0 saturated carbocycles. The fraction of sp³-hybridized carbons (Fsp3) is 0.333. The van der Waals surface area contributed by atoms with E-state index in [1.807, 2.05) is 13.2 Å². The van der Waals surface area contributed by atoms with Crippen molar-refractivity contribution in [2.75, 3.05) is 31.6 Å². The standard InChI is InChI=1S/C21H24N8O/c1-15-9-18(4-3-16(15)14-28-5-7-30-8-6-28)24-21-25-20-12-22-11-19(29(20)26-21)17-10-23-27(2)13-17/h3-4,9-13H,5-8,14H2,1-2H3,(H,24,26). The predicted molar refractivity (Wildman–Crippen MR) is 114 cm³/mol. The third-order valence-corrected chi connectivity index (χ3v) is 5.34. The molecule has 0 aliphatic carbocycles. The van der Waals surface area contributed by atoms with Crippen molar-refractivity contribution in [2.24, 2.45) is 7.05 Å². The van der Waals surface area contributed by atoms with Gasteiger partial charge in [0.05, 0.1) is 37.5 Å². The molecular formula is C21H24N8O. The van der Waals surface area contributed by atoms with Gasteiger partial charge in [-0.1, -0.05) is 6.07 Å². The lowest BCUT2D eigenvalue weighted by molar-refractivity contribution is 0.0341. The molecule has 1 aliphatic rings. The number of aryl methyl sites for hydroxylation is 2. The van der Waals surface area contributed by atoms with Gasteiger partial charge in [0.15, 0.2) is 5.65 Å². The van der Waals surface area contributed by atoms with Crippen LogP contribution >= 0.6 is 0 Å². The van der Waals surface area contributed by atoms with Crippen LogP contribution in [-0.4, -0.2) is 60.6 Å². The van der Waals surface area contributed by atoms with E-state index in [1.165, 1.54) is 11.1 Å². The summed E-state index contributed by atoms with van der Waals surface area (Å²) in [4.78, 5) is 11.3. The van der Waals surface area contributed by atoms with Crippen LogP contribution in [0, 0.1) is 6.92 Å². The van der Waals surface area contributed by atoms with E-state index >= 15 is 0 Å². The van der Waals surface area contributed by atoms with E-state index in [9.17, 15) is 0 Å². The molecule has 1 N–H and O–H groups in total. The monoisotopic (exact) mass is 404 g/mol. The normalized spacial score (nSPS) is 15.0. The Morgan fingerprint density at radius 1 is 1.13 bits per heavy atom. The van der Waals surface area contributed by atoms with E-state index in [0.717, 1.165) is 49.8 Å². The largest absolute Gasteiger partial charge is 0.379 e. The number of rotatable bonds is 5. The second kappa shape index (κ2) is 7.85. The molecule has 0 atom stereocenters. The maximum Gasteiger partial charge on any atom is 0.247 e. The molecule has 0 bridgehead atoms. The molecule has 4 heterocycles. The number of hydrogen-bond donors (Lipinski definition) is 1. The molecule has 1 aromatic carbocycles. The predicted octanol–water partition coefficient (Wildman–Crippen LogP) is 2.41. The minimum Gasteiger partial charge on any atom is -0.379 e. The fourth-order valence-corrected chi connectivity index (χ4v) is 3.70. The van der Waals surface area contributed by atoms with Crippen molar-refractivity contribution < 1.29 is 4.74 Å². The summed E-state index contributed by atoms with van der Waals surface area (Å²) in [6.45, 7) is 6.68. The van der Waals surface area contributed by atoms with Gasteiger partial charge < -0.3 is 10.1 Å². The molecule has 154 valence electrons. The van der Waals surface area contributed by atoms with Crippen molar-refractivity contribution in [1.82, 2.24) is 34.3 Å². The zero-order chi connectivity index (χ0) is 20.5. The van der Waals surface area contributed by atoms with Crippen LogP contribution in [0.25, 0.3) is 16.9 Å². The van der Waals surface area contributed by atoms with Crippen LogP contribution in [0.15, 0.2) is 43.0 Å². The van der Waals surface area contributed by atoms with Gasteiger partial charge in [0.2, 0.25) is 5.95 Å². The molecular weight excluding hydrogens is 380 g/mol. The number of anilines is 2. The lowest BCUT2D eigenvalue weighted by atomic mass is 10.1. The number of nitrogens with zero attached hydrogens (tertiary/aromatic N) is 7. The Morgan fingerprint density at radius 3 is 2.77 bits per heavy atom. The van der Waals surface area contributed by atoms with Crippen LogP contribution in [0.3, 0.4) is 0 Å². The van der Waals surface area contributed by atoms with E-state index in [1.54, 1.807) is 27.8 Å². The van der Waals surface area contributed by atoms with Crippen LogP contribution in [0.2, 0.25) is 0 Å². The molecule has 9 nitrogen and oxygen atoms in total. The maximum atomic E-state index is 5.44. The van der Waals surface area contributed by atoms with Gasteiger partial charge >= 0.3 is 0 Å². The Bertz CT molecular complexity index is 1170. The van der Waals surface area contributed by atoms with Gasteiger partial charge in [-0.25, -0.2) is 4.52 Å². The van der Waals surface area contributed by atoms with Crippen LogP contribution in [0.4, 0.5) is 11.6 Å². The first-order valence-corrected chi connectivity index (χ1v) is 10.0. The molecule has 0 unspecified atom stereocenters. The van der Waals surface area contributed by atoms with Crippen molar-refractivity contribution in [3.05, 3.63) is 54.1 Å². The number of fused-ring (bicyclic) bond motifs is 1. The highest BCUT2D eigenvalue weighted by molar-refractivity contribution is 5.62. The van der Waals surface area contributed by atoms with E-state index in [-0.39, 0.29) is 0 Å². The zero-order valence-corrected chi connectivity index (χ0v) is 17.1. The molecule has 3 aromatic heterocycles. The SMILES string of the molecule is Cc1cc(Nc2nc3cncc(-c4cnn(C)c4)n3n2)ccc1CN1CCOCC1. The molecule has 1 saturated heterocycles. The Morgan fingerprint density at radius 2 is 2.00 bits per heavy atom. The molecule has 0 radical (unpaired) electrons. The summed E-state index contributed by atoms with van der Waals surface area (Å²) in [7, 11) is 1.89. The van der Waals surface area contributed by atoms with Gasteiger partial charge in [0, 0.05) is 44.1 Å². The summed E-state index contributed by atoms with van der Waals surface area (Å²) < 4.78 is 8.98. The number of nitrogens with one attached hydrogen (secondary N) is 1. The Hall–Kier alpha value is -3.30. The molecule has 30 heavy (non-hydrogen) atoms. The number of hydrogen-bond acceptors (Lipinski definition) is 7. The molecule has 4 aromatic rings. The summed E-state index contributed by atoms with van der Waals surface area (Å²) in [5.74, 6) is 0.536. The summed E-state index contributed by atoms with van der Waals surface area (Å²) in [6, 6.07) is 6.39. The fourth-order valence-electron chi connectivity index (χ4n) is 3.70. The van der Waals surface area contributed by atoms with Gasteiger partial charge in [0.1, 0.15) is 0 Å². The zero-order valence-electron chi connectivity index (χ0n) is 17.1. The van der Waals surface area contributed by atoms with Crippen molar-refractivity contribution >= 4 is 17.3 Å². The van der Waals surface area contributed by atoms with E-state index in [0.29, 0.717) is 11.6 Å². The Balaban J connectivity index is 1.37. The van der Waals surface area contributed by atoms with Crippen molar-refractivity contribution in [1.29, 1.82) is 0 Å². The number of morpholine rings is 1. The second-order valence-electron chi connectivity index (χ2n) is 7.56. The summed E-state index contributed by atoms with van der Waals surface area (Å²) >= 11 is 0. The van der Waals surface area contributed by atoms with E-state index in [4.69, 9.17) is 4.74 Å². The summed E-state index contributed by atoms with van der Waals surface area (Å²) in [5, 5.41) is 12.2. The minimum atomic E-state index is 0.536. The molecule has 1 fully saturated rings. The van der Waals surface area contributed by atoms with Crippen molar-refractivity contribution in [3.8, 4) is 11.3 Å². The summed E-state index contributed by atoms with van der Waals surface area (Å²) in [6.07, 6.45) is 7.20. The van der Waals surface area contributed by atoms with Gasteiger partial charge in [-0.3, -0.25) is 14.6 Å². The Kier molecular flexibility index (Phi) is 4.89. The first-order chi connectivity index (χ1) is 14.7. The number of ether oxygens (including phenoxy) is 1. The maximum absolute atomic E-state index is 5.44. The number of aromatic nitrogens is 6. The average Bonchev–Trinajstić information content (AvgIpc) is 3.36. The van der Waals surface area contributed by atoms with Crippen LogP contribution in [-0.2, 0) is 18.3 Å². The quantitative estimate of drug-likeness (QED) is 0.547. The van der Waals surface area contributed by atoms with Gasteiger partial charge in [-0.2, -0.15) is 10.1 Å². The average molecular weight is 404 g/mol. The first-order valence-electron chi connectivity index (χ1n) is 10.0. The van der Waals surface area contributed by atoms with Gasteiger partial charge in [0.25, 0.3) is 0 Å². The lowest BCUT2D eigenvalue weighted by Gasteiger charge is -2.27. The Labute approximate surface area is 174 Å². The van der Waals surface area contributed by atoms with E-state index in [2.05, 4.69) is 55.5 Å². The lowest BCUT2D eigenvalue weighted by Crippen LogP contribution is -2.35. The molecule has 0 amide bonds. The van der Waals surface area contributed by atoms with Crippen molar-refractivity contribution in [3.63, 3.8) is 0 Å². The highest BCUT2D eigenvalue weighted by Gasteiger charge is 2.14. The molecule has 5 rings (SSSR count). The van der Waals surface area contributed by atoms with Gasteiger partial charge in [-0.05, 0) is 30.2 Å². The van der Waals surface area contributed by atoms with E-state index < -0.39 is 0 Å². The van der Waals surface area contributed by atoms with Crippen LogP contribution in [0.5, 0.6) is 0 Å². The second-order valence-corrected chi connectivity index (χ2v) is 7.56. The van der Waals surface area contributed by atoms with Crippen LogP contribution in [0.1, 0.15) is 11.1 Å². The smallest absolute Gasteiger partial charge is 0.247 e. The third-order valence-electron chi connectivity index (χ3n) is 5.34. The molecule has 0 spiro atoms. The van der Waals surface area contributed by atoms with Gasteiger partial charge in [-0.15, -0.1) is 5.10 Å². The highest BCUT2D eigenvalue weighted by Crippen LogP contribution is 2.22. The molecule has 1 aliphatic heterocycles. The summed E-state index contributed by atoms with van der Waals surface area (Å²) in [5.41, 5.74) is 6.00. The molecule has 9 heteroatoms. The third kappa shape index (κ3) is 3.77. The van der Waals surface area contributed by atoms with Crippen LogP contribution < -0.4 is 5.32 Å². The number of benzene rings is 1. The minimum absolute atomic E-state index is 0.536.